The minimum atomic E-state index is 0.654. The maximum absolute atomic E-state index is 6.09. The number of thiocarbonyl (C=S) groups is 1. The molecule has 1 aliphatic heterocycles. The molecular weight excluding hydrogens is 366 g/mol. The van der Waals surface area contributed by atoms with Crippen LogP contribution in [0.15, 0.2) is 48.5 Å². The summed E-state index contributed by atoms with van der Waals surface area (Å²) >= 11 is 11.7. The zero-order chi connectivity index (χ0) is 18.4. The van der Waals surface area contributed by atoms with Gasteiger partial charge in [0.05, 0.1) is 12.8 Å². The van der Waals surface area contributed by atoms with E-state index < -0.39 is 0 Å². The van der Waals surface area contributed by atoms with Crippen LogP contribution in [0, 0.1) is 0 Å². The molecule has 4 nitrogen and oxygen atoms in total. The van der Waals surface area contributed by atoms with Crippen molar-refractivity contribution in [3.63, 3.8) is 0 Å². The zero-order valence-electron chi connectivity index (χ0n) is 15.0. The standard InChI is InChI=1S/C20H24ClN3OS/c1-25-19-8-7-17(21)15-18(19)22-20(26)24-13-11-23(12-14-24)10-9-16-5-3-2-4-6-16/h2-8,15H,9-14H2,1H3,(H,22,26). The van der Waals surface area contributed by atoms with Crippen LogP contribution in [0.1, 0.15) is 5.56 Å². The summed E-state index contributed by atoms with van der Waals surface area (Å²) in [6, 6.07) is 16.1. The van der Waals surface area contributed by atoms with Crippen molar-refractivity contribution >= 4 is 34.6 Å². The Morgan fingerprint density at radius 2 is 1.85 bits per heavy atom. The molecule has 0 spiro atoms. The molecule has 1 aliphatic rings. The molecule has 2 aromatic carbocycles. The fraction of sp³-hybridized carbons (Fsp3) is 0.350. The van der Waals surface area contributed by atoms with Gasteiger partial charge in [-0.3, -0.25) is 4.90 Å². The molecule has 0 unspecified atom stereocenters. The number of hydrogen-bond donors (Lipinski definition) is 1. The first-order valence-corrected chi connectivity index (χ1v) is 9.60. The fourth-order valence-electron chi connectivity index (χ4n) is 3.08. The Bertz CT molecular complexity index is 733. The van der Waals surface area contributed by atoms with Crippen molar-refractivity contribution in [3.05, 3.63) is 59.1 Å². The molecule has 0 aromatic heterocycles. The van der Waals surface area contributed by atoms with Gasteiger partial charge in [0.2, 0.25) is 0 Å². The second-order valence-electron chi connectivity index (χ2n) is 6.34. The quantitative estimate of drug-likeness (QED) is 0.783. The molecule has 0 atom stereocenters. The van der Waals surface area contributed by atoms with Crippen molar-refractivity contribution in [2.75, 3.05) is 45.2 Å². The topological polar surface area (TPSA) is 27.7 Å². The van der Waals surface area contributed by atoms with E-state index in [9.17, 15) is 0 Å². The third-order valence-corrected chi connectivity index (χ3v) is 5.22. The van der Waals surface area contributed by atoms with E-state index >= 15 is 0 Å². The van der Waals surface area contributed by atoms with Gasteiger partial charge < -0.3 is 15.0 Å². The molecule has 1 N–H and O–H groups in total. The van der Waals surface area contributed by atoms with Crippen molar-refractivity contribution in [2.45, 2.75) is 6.42 Å². The van der Waals surface area contributed by atoms with E-state index in [2.05, 4.69) is 45.4 Å². The first kappa shape index (κ1) is 19.0. The first-order chi connectivity index (χ1) is 12.7. The number of piperazine rings is 1. The third-order valence-electron chi connectivity index (χ3n) is 4.62. The van der Waals surface area contributed by atoms with Gasteiger partial charge in [-0.2, -0.15) is 0 Å². The molecule has 0 bridgehead atoms. The van der Waals surface area contributed by atoms with Gasteiger partial charge >= 0.3 is 0 Å². The summed E-state index contributed by atoms with van der Waals surface area (Å²) in [4.78, 5) is 4.70. The van der Waals surface area contributed by atoms with E-state index in [1.54, 1.807) is 13.2 Å². The lowest BCUT2D eigenvalue weighted by Gasteiger charge is -2.36. The minimum absolute atomic E-state index is 0.654. The van der Waals surface area contributed by atoms with Gasteiger partial charge in [0.25, 0.3) is 0 Å². The van der Waals surface area contributed by atoms with Gasteiger partial charge in [-0.05, 0) is 42.4 Å². The van der Waals surface area contributed by atoms with Gasteiger partial charge in [0.15, 0.2) is 5.11 Å². The molecule has 2 aromatic rings. The molecule has 1 heterocycles. The molecular formula is C20H24ClN3OS. The SMILES string of the molecule is COc1ccc(Cl)cc1NC(=S)N1CCN(CCc2ccccc2)CC1. The number of halogens is 1. The largest absolute Gasteiger partial charge is 0.495 e. The highest BCUT2D eigenvalue weighted by Crippen LogP contribution is 2.28. The summed E-state index contributed by atoms with van der Waals surface area (Å²) in [7, 11) is 1.64. The van der Waals surface area contributed by atoms with Crippen molar-refractivity contribution in [1.29, 1.82) is 0 Å². The number of benzene rings is 2. The van der Waals surface area contributed by atoms with Crippen molar-refractivity contribution in [1.82, 2.24) is 9.80 Å². The second kappa shape index (κ2) is 9.21. The van der Waals surface area contributed by atoms with Crippen LogP contribution in [0.5, 0.6) is 5.75 Å². The van der Waals surface area contributed by atoms with E-state index in [1.807, 2.05) is 12.1 Å². The summed E-state index contributed by atoms with van der Waals surface area (Å²) < 4.78 is 5.37. The highest BCUT2D eigenvalue weighted by molar-refractivity contribution is 7.80. The Balaban J connectivity index is 1.48. The minimum Gasteiger partial charge on any atom is -0.495 e. The number of rotatable bonds is 5. The lowest BCUT2D eigenvalue weighted by molar-refractivity contribution is 0.185. The Labute approximate surface area is 165 Å². The zero-order valence-corrected chi connectivity index (χ0v) is 16.5. The number of nitrogens with one attached hydrogen (secondary N) is 1. The fourth-order valence-corrected chi connectivity index (χ4v) is 3.54. The Morgan fingerprint density at radius 1 is 1.12 bits per heavy atom. The van der Waals surface area contributed by atoms with Gasteiger partial charge in [0, 0.05) is 37.7 Å². The number of hydrogen-bond acceptors (Lipinski definition) is 3. The lowest BCUT2D eigenvalue weighted by Crippen LogP contribution is -2.50. The first-order valence-electron chi connectivity index (χ1n) is 8.81. The van der Waals surface area contributed by atoms with Crippen molar-refractivity contribution in [3.8, 4) is 5.75 Å². The normalized spacial score (nSPS) is 14.9. The summed E-state index contributed by atoms with van der Waals surface area (Å²) in [6.45, 7) is 4.95. The Morgan fingerprint density at radius 3 is 2.54 bits per heavy atom. The predicted molar refractivity (Wildman–Crippen MR) is 112 cm³/mol. The summed E-state index contributed by atoms with van der Waals surface area (Å²) in [5, 5.41) is 4.64. The molecule has 0 aliphatic carbocycles. The van der Waals surface area contributed by atoms with E-state index in [0.717, 1.165) is 50.6 Å². The number of nitrogens with zero attached hydrogens (tertiary/aromatic N) is 2. The molecule has 6 heteroatoms. The van der Waals surface area contributed by atoms with Gasteiger partial charge in [-0.25, -0.2) is 0 Å². The monoisotopic (exact) mass is 389 g/mol. The van der Waals surface area contributed by atoms with E-state index in [4.69, 9.17) is 28.6 Å². The smallest absolute Gasteiger partial charge is 0.173 e. The average Bonchev–Trinajstić information content (AvgIpc) is 2.68. The molecule has 1 saturated heterocycles. The molecule has 1 fully saturated rings. The van der Waals surface area contributed by atoms with Crippen LogP contribution in [0.25, 0.3) is 0 Å². The Kier molecular flexibility index (Phi) is 6.72. The molecule has 26 heavy (non-hydrogen) atoms. The third kappa shape index (κ3) is 5.10. The summed E-state index contributed by atoms with van der Waals surface area (Å²) in [5.74, 6) is 0.734. The van der Waals surface area contributed by atoms with Crippen LogP contribution in [0.4, 0.5) is 5.69 Å². The molecule has 0 amide bonds. The average molecular weight is 390 g/mol. The molecule has 0 saturated carbocycles. The highest BCUT2D eigenvalue weighted by atomic mass is 35.5. The highest BCUT2D eigenvalue weighted by Gasteiger charge is 2.19. The molecule has 3 rings (SSSR count). The van der Waals surface area contributed by atoms with Crippen LogP contribution >= 0.6 is 23.8 Å². The van der Waals surface area contributed by atoms with Gasteiger partial charge in [-0.15, -0.1) is 0 Å². The van der Waals surface area contributed by atoms with Crippen LogP contribution < -0.4 is 10.1 Å². The van der Waals surface area contributed by atoms with Crippen LogP contribution in [0.2, 0.25) is 5.02 Å². The van der Waals surface area contributed by atoms with Gasteiger partial charge in [-0.1, -0.05) is 41.9 Å². The Hall–Kier alpha value is -1.82. The molecule has 138 valence electrons. The lowest BCUT2D eigenvalue weighted by atomic mass is 10.1. The maximum atomic E-state index is 6.09. The number of ether oxygens (including phenoxy) is 1. The van der Waals surface area contributed by atoms with Crippen LogP contribution in [-0.2, 0) is 6.42 Å². The van der Waals surface area contributed by atoms with E-state index in [1.165, 1.54) is 5.56 Å². The second-order valence-corrected chi connectivity index (χ2v) is 7.16. The van der Waals surface area contributed by atoms with E-state index in [0.29, 0.717) is 10.1 Å². The van der Waals surface area contributed by atoms with Crippen LogP contribution in [0.3, 0.4) is 0 Å². The van der Waals surface area contributed by atoms with E-state index in [-0.39, 0.29) is 0 Å². The number of methoxy groups -OCH3 is 1. The number of anilines is 1. The van der Waals surface area contributed by atoms with Crippen molar-refractivity contribution < 1.29 is 4.74 Å². The predicted octanol–water partition coefficient (Wildman–Crippen LogP) is 3.91. The summed E-state index contributed by atoms with van der Waals surface area (Å²) in [6.07, 6.45) is 1.09. The summed E-state index contributed by atoms with van der Waals surface area (Å²) in [5.41, 5.74) is 2.19. The maximum Gasteiger partial charge on any atom is 0.173 e. The molecule has 0 radical (unpaired) electrons. The van der Waals surface area contributed by atoms with Gasteiger partial charge in [0.1, 0.15) is 5.75 Å². The van der Waals surface area contributed by atoms with Crippen LogP contribution in [-0.4, -0.2) is 54.7 Å². The van der Waals surface area contributed by atoms with Crippen molar-refractivity contribution in [2.24, 2.45) is 0 Å².